The number of methoxy groups -OCH3 is 1. The van der Waals surface area contributed by atoms with Crippen LogP contribution >= 0.6 is 11.8 Å². The molecule has 6 heteroatoms. The van der Waals surface area contributed by atoms with Crippen LogP contribution in [0.25, 0.3) is 11.0 Å². The second-order valence-electron chi connectivity index (χ2n) is 7.05. The van der Waals surface area contributed by atoms with Crippen LogP contribution in [0.3, 0.4) is 0 Å². The van der Waals surface area contributed by atoms with Gasteiger partial charge in [-0.05, 0) is 48.9 Å². The van der Waals surface area contributed by atoms with Crippen LogP contribution in [0.4, 0.5) is 0 Å². The van der Waals surface area contributed by atoms with Gasteiger partial charge in [0, 0.05) is 6.54 Å². The number of aromatic nitrogens is 2. The molecule has 0 N–H and O–H groups in total. The SMILES string of the molecule is COc1ccc([C@@H]2CCCN2C(=O)Cn2c(CSC)nc3ccccc32)cc1. The number of nitrogens with zero attached hydrogens (tertiary/aromatic N) is 3. The first-order valence-electron chi connectivity index (χ1n) is 9.57. The second kappa shape index (κ2) is 8.27. The molecule has 0 radical (unpaired) electrons. The molecule has 1 aliphatic heterocycles. The minimum Gasteiger partial charge on any atom is -0.497 e. The van der Waals surface area contributed by atoms with E-state index in [0.717, 1.165) is 47.7 Å². The van der Waals surface area contributed by atoms with Crippen LogP contribution < -0.4 is 4.74 Å². The van der Waals surface area contributed by atoms with Crippen LogP contribution in [0.2, 0.25) is 0 Å². The molecule has 0 unspecified atom stereocenters. The van der Waals surface area contributed by atoms with Gasteiger partial charge in [0.05, 0.1) is 29.9 Å². The van der Waals surface area contributed by atoms with E-state index in [0.29, 0.717) is 6.54 Å². The third-order valence-electron chi connectivity index (χ3n) is 5.37. The molecule has 0 aliphatic carbocycles. The lowest BCUT2D eigenvalue weighted by Crippen LogP contribution is -2.33. The fraction of sp³-hybridized carbons (Fsp3) is 0.364. The van der Waals surface area contributed by atoms with Gasteiger partial charge in [0.25, 0.3) is 0 Å². The monoisotopic (exact) mass is 395 g/mol. The standard InChI is InChI=1S/C22H25N3O2S/c1-27-17-11-9-16(10-12-17)19-8-5-13-24(19)22(26)14-25-20-7-4-3-6-18(20)23-21(25)15-28-2/h3-4,6-7,9-12,19H,5,8,13-15H2,1-2H3/t19-/m0/s1. The van der Waals surface area contributed by atoms with Gasteiger partial charge in [-0.25, -0.2) is 4.98 Å². The van der Waals surface area contributed by atoms with E-state index in [1.807, 2.05) is 41.3 Å². The molecule has 2 aromatic carbocycles. The number of ether oxygens (including phenoxy) is 1. The summed E-state index contributed by atoms with van der Waals surface area (Å²) in [5.41, 5.74) is 3.15. The zero-order chi connectivity index (χ0) is 19.5. The molecule has 146 valence electrons. The van der Waals surface area contributed by atoms with E-state index in [2.05, 4.69) is 23.0 Å². The number of benzene rings is 2. The summed E-state index contributed by atoms with van der Waals surface area (Å²) < 4.78 is 7.34. The van der Waals surface area contributed by atoms with Crippen molar-refractivity contribution in [2.45, 2.75) is 31.2 Å². The Kier molecular flexibility index (Phi) is 5.57. The summed E-state index contributed by atoms with van der Waals surface area (Å²) in [5, 5.41) is 0. The normalized spacial score (nSPS) is 16.6. The van der Waals surface area contributed by atoms with Crippen molar-refractivity contribution in [3.63, 3.8) is 0 Å². The number of imidazole rings is 1. The van der Waals surface area contributed by atoms with Crippen LogP contribution in [0.15, 0.2) is 48.5 Å². The van der Waals surface area contributed by atoms with Gasteiger partial charge < -0.3 is 14.2 Å². The quantitative estimate of drug-likeness (QED) is 0.625. The van der Waals surface area contributed by atoms with Crippen LogP contribution in [0.5, 0.6) is 5.75 Å². The summed E-state index contributed by atoms with van der Waals surface area (Å²) in [5.74, 6) is 2.75. The Morgan fingerprint density at radius 2 is 2.00 bits per heavy atom. The van der Waals surface area contributed by atoms with Crippen molar-refractivity contribution < 1.29 is 9.53 Å². The molecule has 0 bridgehead atoms. The van der Waals surface area contributed by atoms with Crippen molar-refractivity contribution in [2.75, 3.05) is 19.9 Å². The number of para-hydroxylation sites is 2. The molecule has 1 saturated heterocycles. The predicted octanol–water partition coefficient (Wildman–Crippen LogP) is 4.27. The zero-order valence-corrected chi connectivity index (χ0v) is 17.1. The van der Waals surface area contributed by atoms with E-state index in [1.165, 1.54) is 5.56 Å². The largest absolute Gasteiger partial charge is 0.497 e. The number of carbonyl (C=O) groups excluding carboxylic acids is 1. The van der Waals surface area contributed by atoms with Crippen LogP contribution in [0, 0.1) is 0 Å². The first-order valence-corrected chi connectivity index (χ1v) is 11.0. The maximum Gasteiger partial charge on any atom is 0.243 e. The number of hydrogen-bond donors (Lipinski definition) is 0. The number of rotatable bonds is 6. The molecule has 2 heterocycles. The molecule has 0 spiro atoms. The molecule has 1 atom stereocenters. The fourth-order valence-corrected chi connectivity index (χ4v) is 4.48. The summed E-state index contributed by atoms with van der Waals surface area (Å²) in [6.45, 7) is 1.14. The van der Waals surface area contributed by atoms with Gasteiger partial charge in [-0.2, -0.15) is 11.8 Å². The highest BCUT2D eigenvalue weighted by Gasteiger charge is 2.30. The van der Waals surface area contributed by atoms with Gasteiger partial charge in [-0.3, -0.25) is 4.79 Å². The number of carbonyl (C=O) groups is 1. The molecular formula is C22H25N3O2S. The fourth-order valence-electron chi connectivity index (χ4n) is 4.01. The topological polar surface area (TPSA) is 47.4 Å². The van der Waals surface area contributed by atoms with Crippen molar-refractivity contribution in [3.05, 3.63) is 59.9 Å². The summed E-state index contributed by atoms with van der Waals surface area (Å²) in [4.78, 5) is 20.0. The molecule has 5 nitrogen and oxygen atoms in total. The van der Waals surface area contributed by atoms with Crippen molar-refractivity contribution in [1.29, 1.82) is 0 Å². The second-order valence-corrected chi connectivity index (χ2v) is 7.92. The maximum absolute atomic E-state index is 13.3. The van der Waals surface area contributed by atoms with Crippen LogP contribution in [-0.4, -0.2) is 40.3 Å². The number of amides is 1. The van der Waals surface area contributed by atoms with Gasteiger partial charge in [-0.15, -0.1) is 0 Å². The Morgan fingerprint density at radius 3 is 2.75 bits per heavy atom. The van der Waals surface area contributed by atoms with Gasteiger partial charge in [0.15, 0.2) is 0 Å². The number of hydrogen-bond acceptors (Lipinski definition) is 4. The lowest BCUT2D eigenvalue weighted by Gasteiger charge is -2.26. The maximum atomic E-state index is 13.3. The van der Waals surface area contributed by atoms with Crippen molar-refractivity contribution in [3.8, 4) is 5.75 Å². The lowest BCUT2D eigenvalue weighted by atomic mass is 10.0. The number of thioether (sulfide) groups is 1. The van der Waals surface area contributed by atoms with E-state index in [4.69, 9.17) is 9.72 Å². The van der Waals surface area contributed by atoms with E-state index in [9.17, 15) is 4.79 Å². The molecule has 1 amide bonds. The van der Waals surface area contributed by atoms with Crippen LogP contribution in [-0.2, 0) is 17.1 Å². The van der Waals surface area contributed by atoms with Crippen molar-refractivity contribution in [2.24, 2.45) is 0 Å². The summed E-state index contributed by atoms with van der Waals surface area (Å²) in [6.07, 6.45) is 4.09. The minimum atomic E-state index is 0.136. The highest BCUT2D eigenvalue weighted by molar-refractivity contribution is 7.97. The summed E-state index contributed by atoms with van der Waals surface area (Å²) in [7, 11) is 1.67. The zero-order valence-electron chi connectivity index (χ0n) is 16.3. The average molecular weight is 396 g/mol. The van der Waals surface area contributed by atoms with Gasteiger partial charge in [0.1, 0.15) is 18.1 Å². The summed E-state index contributed by atoms with van der Waals surface area (Å²) in [6, 6.07) is 16.3. The van der Waals surface area contributed by atoms with E-state index >= 15 is 0 Å². The highest BCUT2D eigenvalue weighted by atomic mass is 32.2. The predicted molar refractivity (Wildman–Crippen MR) is 114 cm³/mol. The Morgan fingerprint density at radius 1 is 1.21 bits per heavy atom. The van der Waals surface area contributed by atoms with Crippen molar-refractivity contribution in [1.82, 2.24) is 14.5 Å². The van der Waals surface area contributed by atoms with Crippen molar-refractivity contribution >= 4 is 28.7 Å². The Balaban J connectivity index is 1.59. The molecule has 1 fully saturated rings. The molecule has 4 rings (SSSR count). The number of likely N-dealkylation sites (tertiary alicyclic amines) is 1. The first kappa shape index (κ1) is 18.9. The third-order valence-corrected chi connectivity index (χ3v) is 5.92. The minimum absolute atomic E-state index is 0.136. The third kappa shape index (κ3) is 3.61. The highest BCUT2D eigenvalue weighted by Crippen LogP contribution is 2.33. The van der Waals surface area contributed by atoms with E-state index < -0.39 is 0 Å². The molecule has 1 aromatic heterocycles. The Bertz CT molecular complexity index is 968. The number of fused-ring (bicyclic) bond motifs is 1. The van der Waals surface area contributed by atoms with Gasteiger partial charge in [0.2, 0.25) is 5.91 Å². The Hall–Kier alpha value is -2.47. The van der Waals surface area contributed by atoms with Gasteiger partial charge in [-0.1, -0.05) is 24.3 Å². The molecular weight excluding hydrogens is 370 g/mol. The average Bonchev–Trinajstić information content (AvgIpc) is 3.34. The molecule has 1 aliphatic rings. The van der Waals surface area contributed by atoms with Crippen LogP contribution in [0.1, 0.15) is 30.3 Å². The summed E-state index contributed by atoms with van der Waals surface area (Å²) >= 11 is 1.72. The molecule has 0 saturated carbocycles. The first-order chi connectivity index (χ1) is 13.7. The van der Waals surface area contributed by atoms with E-state index in [1.54, 1.807) is 18.9 Å². The molecule has 3 aromatic rings. The van der Waals surface area contributed by atoms with E-state index in [-0.39, 0.29) is 11.9 Å². The van der Waals surface area contributed by atoms with Gasteiger partial charge >= 0.3 is 0 Å². The molecule has 28 heavy (non-hydrogen) atoms. The Labute approximate surface area is 169 Å². The lowest BCUT2D eigenvalue weighted by molar-refractivity contribution is -0.132. The smallest absolute Gasteiger partial charge is 0.243 e.